The van der Waals surface area contributed by atoms with Crippen LogP contribution in [0.4, 0.5) is 0 Å². The molecule has 0 heterocycles. The Bertz CT molecular complexity index is 911. The van der Waals surface area contributed by atoms with Gasteiger partial charge in [0.1, 0.15) is 11.5 Å². The number of carbonyl (C=O) groups is 2. The van der Waals surface area contributed by atoms with E-state index in [9.17, 15) is 9.59 Å². The Morgan fingerprint density at radius 2 is 1.68 bits per heavy atom. The highest BCUT2D eigenvalue weighted by Gasteiger charge is 2.11. The standard InChI is InChI=1S/C17H14Br3N3O4S/c1-26-13-4-2-9(6-11(13)19)16(25)22-23-17(28)21-15(24)8-27-14-5-3-10(18)7-12(14)20/h2-7H,8H2,1H3,(H,22,25)(H2,21,23,24,28). The number of thiocarbonyl (C=S) groups is 1. The van der Waals surface area contributed by atoms with Gasteiger partial charge in [-0.05, 0) is 80.5 Å². The summed E-state index contributed by atoms with van der Waals surface area (Å²) in [7, 11) is 1.53. The first-order valence-corrected chi connectivity index (χ1v) is 10.4. The molecule has 0 spiro atoms. The van der Waals surface area contributed by atoms with Gasteiger partial charge in [-0.15, -0.1) is 0 Å². The average molecular weight is 596 g/mol. The summed E-state index contributed by atoms with van der Waals surface area (Å²) in [6, 6.07) is 10.1. The maximum atomic E-state index is 12.1. The highest BCUT2D eigenvalue weighted by Crippen LogP contribution is 2.28. The van der Waals surface area contributed by atoms with Crippen LogP contribution in [0.25, 0.3) is 0 Å². The van der Waals surface area contributed by atoms with E-state index in [1.165, 1.54) is 7.11 Å². The molecule has 2 aromatic carbocycles. The Kier molecular flexibility index (Phi) is 8.67. The van der Waals surface area contributed by atoms with Crippen molar-refractivity contribution in [1.29, 1.82) is 0 Å². The molecule has 0 saturated carbocycles. The zero-order valence-electron chi connectivity index (χ0n) is 14.3. The van der Waals surface area contributed by atoms with E-state index in [1.54, 1.807) is 36.4 Å². The van der Waals surface area contributed by atoms with Crippen molar-refractivity contribution in [2.75, 3.05) is 13.7 Å². The first-order chi connectivity index (χ1) is 13.3. The fourth-order valence-corrected chi connectivity index (χ4v) is 3.79. The van der Waals surface area contributed by atoms with Crippen LogP contribution in [-0.4, -0.2) is 30.6 Å². The van der Waals surface area contributed by atoms with Crippen LogP contribution in [0.2, 0.25) is 0 Å². The van der Waals surface area contributed by atoms with Gasteiger partial charge in [0.2, 0.25) is 0 Å². The minimum Gasteiger partial charge on any atom is -0.496 e. The van der Waals surface area contributed by atoms with Gasteiger partial charge in [0.05, 0.1) is 16.1 Å². The summed E-state index contributed by atoms with van der Waals surface area (Å²) in [6.45, 7) is -0.249. The van der Waals surface area contributed by atoms with Crippen LogP contribution in [0.1, 0.15) is 10.4 Å². The molecule has 0 radical (unpaired) electrons. The molecule has 11 heteroatoms. The molecule has 0 aliphatic heterocycles. The summed E-state index contributed by atoms with van der Waals surface area (Å²) in [5, 5.41) is 2.34. The van der Waals surface area contributed by atoms with Crippen LogP contribution >= 0.6 is 60.0 Å². The van der Waals surface area contributed by atoms with Crippen molar-refractivity contribution >= 4 is 76.9 Å². The van der Waals surface area contributed by atoms with Crippen LogP contribution in [-0.2, 0) is 4.79 Å². The minimum atomic E-state index is -0.478. The van der Waals surface area contributed by atoms with Crippen LogP contribution in [0.3, 0.4) is 0 Å². The first-order valence-electron chi connectivity index (χ1n) is 7.61. The quantitative estimate of drug-likeness (QED) is 0.361. The van der Waals surface area contributed by atoms with Crippen LogP contribution in [0.15, 0.2) is 49.8 Å². The number of ether oxygens (including phenoxy) is 2. The zero-order valence-corrected chi connectivity index (χ0v) is 19.9. The molecule has 2 aromatic rings. The fraction of sp³-hybridized carbons (Fsp3) is 0.118. The largest absolute Gasteiger partial charge is 0.496 e. The number of methoxy groups -OCH3 is 1. The first kappa shape index (κ1) is 22.6. The van der Waals surface area contributed by atoms with Gasteiger partial charge in [-0.25, -0.2) is 0 Å². The molecule has 0 aliphatic rings. The van der Waals surface area contributed by atoms with E-state index in [0.29, 0.717) is 26.0 Å². The van der Waals surface area contributed by atoms with Crippen LogP contribution in [0, 0.1) is 0 Å². The highest BCUT2D eigenvalue weighted by molar-refractivity contribution is 9.11. The van der Waals surface area contributed by atoms with Crippen molar-refractivity contribution < 1.29 is 19.1 Å². The lowest BCUT2D eigenvalue weighted by Crippen LogP contribution is -2.49. The average Bonchev–Trinajstić information content (AvgIpc) is 2.65. The van der Waals surface area contributed by atoms with E-state index in [2.05, 4.69) is 64.0 Å². The molecule has 0 bridgehead atoms. The molecule has 0 saturated heterocycles. The Morgan fingerprint density at radius 3 is 2.32 bits per heavy atom. The third-order valence-corrected chi connectivity index (χ3v) is 5.15. The van der Waals surface area contributed by atoms with Gasteiger partial charge in [0.25, 0.3) is 11.8 Å². The lowest BCUT2D eigenvalue weighted by atomic mass is 10.2. The molecule has 3 N–H and O–H groups in total. The number of rotatable bonds is 5. The fourth-order valence-electron chi connectivity index (χ4n) is 1.92. The van der Waals surface area contributed by atoms with Gasteiger partial charge in [0, 0.05) is 10.0 Å². The van der Waals surface area contributed by atoms with Crippen LogP contribution < -0.4 is 25.6 Å². The third-order valence-electron chi connectivity index (χ3n) is 3.21. The predicted octanol–water partition coefficient (Wildman–Crippen LogP) is 3.70. The molecule has 0 aromatic heterocycles. The van der Waals surface area contributed by atoms with Crippen molar-refractivity contribution in [3.05, 3.63) is 55.4 Å². The second-order valence-corrected chi connectivity index (χ2v) is 8.20. The van der Waals surface area contributed by atoms with Crippen molar-refractivity contribution in [2.24, 2.45) is 0 Å². The van der Waals surface area contributed by atoms with Gasteiger partial charge < -0.3 is 9.47 Å². The van der Waals surface area contributed by atoms with Gasteiger partial charge in [-0.2, -0.15) is 0 Å². The number of halogens is 3. The molecule has 0 unspecified atom stereocenters. The maximum absolute atomic E-state index is 12.1. The minimum absolute atomic E-state index is 0.0654. The second kappa shape index (κ2) is 10.7. The van der Waals surface area contributed by atoms with Crippen molar-refractivity contribution in [3.8, 4) is 11.5 Å². The van der Waals surface area contributed by atoms with Gasteiger partial charge >= 0.3 is 0 Å². The summed E-state index contributed by atoms with van der Waals surface area (Å²) in [4.78, 5) is 24.0. The number of benzene rings is 2. The molecule has 148 valence electrons. The number of nitrogens with one attached hydrogen (secondary N) is 3. The normalized spacial score (nSPS) is 10.0. The summed E-state index contributed by atoms with van der Waals surface area (Å²) >= 11 is 15.0. The Balaban J connectivity index is 1.79. The van der Waals surface area contributed by atoms with Crippen molar-refractivity contribution in [3.63, 3.8) is 0 Å². The molecule has 28 heavy (non-hydrogen) atoms. The van der Waals surface area contributed by atoms with E-state index in [1.807, 2.05) is 0 Å². The number of hydrogen-bond donors (Lipinski definition) is 3. The van der Waals surface area contributed by atoms with Gasteiger partial charge in [-0.1, -0.05) is 15.9 Å². The van der Waals surface area contributed by atoms with Gasteiger partial charge in [-0.3, -0.25) is 25.8 Å². The van der Waals surface area contributed by atoms with Crippen molar-refractivity contribution in [1.82, 2.24) is 16.2 Å². The Labute approximate surface area is 191 Å². The number of amides is 2. The van der Waals surface area contributed by atoms with E-state index in [-0.39, 0.29) is 11.7 Å². The molecule has 2 amide bonds. The second-order valence-electron chi connectivity index (χ2n) is 5.17. The van der Waals surface area contributed by atoms with Crippen molar-refractivity contribution in [2.45, 2.75) is 0 Å². The van der Waals surface area contributed by atoms with E-state index >= 15 is 0 Å². The zero-order chi connectivity index (χ0) is 20.7. The molecule has 0 aliphatic carbocycles. The summed E-state index contributed by atoms with van der Waals surface area (Å²) in [6.07, 6.45) is 0. The summed E-state index contributed by atoms with van der Waals surface area (Å²) < 4.78 is 12.7. The SMILES string of the molecule is COc1ccc(C(=O)NNC(=S)NC(=O)COc2ccc(Br)cc2Br)cc1Br. The predicted molar refractivity (Wildman–Crippen MR) is 119 cm³/mol. The molecule has 0 atom stereocenters. The monoisotopic (exact) mass is 593 g/mol. The summed E-state index contributed by atoms with van der Waals surface area (Å²) in [5.41, 5.74) is 5.23. The van der Waals surface area contributed by atoms with Crippen LogP contribution in [0.5, 0.6) is 11.5 Å². The van der Waals surface area contributed by atoms with E-state index in [0.717, 1.165) is 4.47 Å². The third kappa shape index (κ3) is 6.73. The molecular weight excluding hydrogens is 582 g/mol. The molecular formula is C17H14Br3N3O4S. The Hall–Kier alpha value is -1.69. The molecule has 0 fully saturated rings. The summed E-state index contributed by atoms with van der Waals surface area (Å²) in [5.74, 6) is 0.198. The number of hydrogen-bond acceptors (Lipinski definition) is 5. The van der Waals surface area contributed by atoms with E-state index < -0.39 is 11.8 Å². The van der Waals surface area contributed by atoms with E-state index in [4.69, 9.17) is 21.7 Å². The highest BCUT2D eigenvalue weighted by atomic mass is 79.9. The maximum Gasteiger partial charge on any atom is 0.269 e. The number of carbonyl (C=O) groups excluding carboxylic acids is 2. The molecule has 7 nitrogen and oxygen atoms in total. The topological polar surface area (TPSA) is 88.7 Å². The smallest absolute Gasteiger partial charge is 0.269 e. The number of hydrazine groups is 1. The molecule has 2 rings (SSSR count). The Morgan fingerprint density at radius 1 is 1.00 bits per heavy atom. The lowest BCUT2D eigenvalue weighted by Gasteiger charge is -2.12. The lowest BCUT2D eigenvalue weighted by molar-refractivity contribution is -0.121. The van der Waals surface area contributed by atoms with Gasteiger partial charge in [0.15, 0.2) is 11.7 Å².